The van der Waals surface area contributed by atoms with Gasteiger partial charge in [0.05, 0.1) is 12.9 Å². The number of alkyl halides is 3. The summed E-state index contributed by atoms with van der Waals surface area (Å²) in [6.45, 7) is -0.994. The summed E-state index contributed by atoms with van der Waals surface area (Å²) in [6, 6.07) is 5.64. The Morgan fingerprint density at radius 2 is 1.97 bits per heavy atom. The Labute approximate surface area is 165 Å². The zero-order chi connectivity index (χ0) is 21.5. The van der Waals surface area contributed by atoms with Gasteiger partial charge in [-0.05, 0) is 18.2 Å². The van der Waals surface area contributed by atoms with Crippen LogP contribution in [0.25, 0.3) is 11.2 Å². The van der Waals surface area contributed by atoms with Crippen LogP contribution in [0.2, 0.25) is 0 Å². The maximum absolute atomic E-state index is 13.4. The number of aliphatic hydroxyl groups excluding tert-OH is 2. The number of nitrogens with zero attached hydrogens (tertiary/aromatic N) is 4. The van der Waals surface area contributed by atoms with Gasteiger partial charge in [0.15, 0.2) is 23.2 Å². The van der Waals surface area contributed by atoms with Gasteiger partial charge in [-0.15, -0.1) is 13.2 Å². The lowest BCUT2D eigenvalue weighted by atomic mass is 10.1. The summed E-state index contributed by atoms with van der Waals surface area (Å²) in [6.07, 6.45) is -8.34. The zero-order valence-corrected chi connectivity index (χ0v) is 15.0. The van der Waals surface area contributed by atoms with Crippen molar-refractivity contribution >= 4 is 22.7 Å². The maximum atomic E-state index is 13.4. The Morgan fingerprint density at radius 1 is 1.17 bits per heavy atom. The molecular formula is C17H15F4N5O4. The van der Waals surface area contributed by atoms with Crippen molar-refractivity contribution in [1.82, 2.24) is 19.5 Å². The van der Waals surface area contributed by atoms with Crippen LogP contribution < -0.4 is 5.32 Å². The minimum absolute atomic E-state index is 0.178. The average Bonchev–Trinajstić information content (AvgIpc) is 3.22. The number of anilines is 2. The van der Waals surface area contributed by atoms with Crippen LogP contribution in [0.3, 0.4) is 0 Å². The van der Waals surface area contributed by atoms with Crippen LogP contribution >= 0.6 is 0 Å². The van der Waals surface area contributed by atoms with Crippen molar-refractivity contribution in [2.75, 3.05) is 11.9 Å². The predicted molar refractivity (Wildman–Crippen MR) is 92.9 cm³/mol. The molecule has 1 aliphatic heterocycles. The summed E-state index contributed by atoms with van der Waals surface area (Å²) >= 11 is 0. The SMILES string of the molecule is OC1C(O)[C@@H](COC(F)(F)F)O[C@H]1n1cnc2c(Nc3cccc(F)c3)ncnc21. The summed E-state index contributed by atoms with van der Waals surface area (Å²) in [5.41, 5.74) is 0.820. The molecule has 0 spiro atoms. The highest BCUT2D eigenvalue weighted by Crippen LogP contribution is 2.33. The smallest absolute Gasteiger partial charge is 0.387 e. The number of rotatable bonds is 5. The summed E-state index contributed by atoms with van der Waals surface area (Å²) in [4.78, 5) is 12.3. The molecule has 0 radical (unpaired) electrons. The molecule has 1 saturated heterocycles. The molecule has 1 aromatic carbocycles. The van der Waals surface area contributed by atoms with E-state index in [1.165, 1.54) is 35.4 Å². The first-order chi connectivity index (χ1) is 14.2. The molecule has 0 saturated carbocycles. The second-order valence-corrected chi connectivity index (χ2v) is 6.48. The van der Waals surface area contributed by atoms with Gasteiger partial charge in [-0.2, -0.15) is 0 Å². The number of imidazole rings is 1. The maximum Gasteiger partial charge on any atom is 0.522 e. The van der Waals surface area contributed by atoms with Crippen LogP contribution in [-0.4, -0.2) is 61.0 Å². The Bertz CT molecular complexity index is 1050. The molecule has 4 rings (SSSR count). The molecule has 0 amide bonds. The van der Waals surface area contributed by atoms with E-state index in [0.29, 0.717) is 5.69 Å². The Balaban J connectivity index is 1.59. The number of nitrogens with one attached hydrogen (secondary N) is 1. The molecular weight excluding hydrogens is 414 g/mol. The summed E-state index contributed by atoms with van der Waals surface area (Å²) in [5, 5.41) is 23.2. The van der Waals surface area contributed by atoms with Gasteiger partial charge in [-0.1, -0.05) is 6.07 Å². The first kappa shape index (κ1) is 20.4. The number of hydrogen-bond donors (Lipinski definition) is 3. The van der Waals surface area contributed by atoms with Crippen LogP contribution in [0.5, 0.6) is 0 Å². The predicted octanol–water partition coefficient (Wildman–Crippen LogP) is 1.86. The Kier molecular flexibility index (Phi) is 5.27. The van der Waals surface area contributed by atoms with Crippen LogP contribution in [0, 0.1) is 5.82 Å². The minimum Gasteiger partial charge on any atom is -0.387 e. The fourth-order valence-electron chi connectivity index (χ4n) is 3.11. The van der Waals surface area contributed by atoms with Gasteiger partial charge in [0.2, 0.25) is 0 Å². The van der Waals surface area contributed by atoms with Crippen LogP contribution in [-0.2, 0) is 9.47 Å². The molecule has 4 atom stereocenters. The van der Waals surface area contributed by atoms with Crippen molar-refractivity contribution in [2.45, 2.75) is 30.9 Å². The lowest BCUT2D eigenvalue weighted by molar-refractivity contribution is -0.333. The molecule has 30 heavy (non-hydrogen) atoms. The van der Waals surface area contributed by atoms with Gasteiger partial charge in [-0.3, -0.25) is 9.30 Å². The molecule has 13 heteroatoms. The largest absolute Gasteiger partial charge is 0.522 e. The average molecular weight is 429 g/mol. The lowest BCUT2D eigenvalue weighted by Crippen LogP contribution is -2.35. The molecule has 1 aliphatic rings. The molecule has 2 aromatic heterocycles. The topological polar surface area (TPSA) is 115 Å². The number of hydrogen-bond acceptors (Lipinski definition) is 8. The fourth-order valence-corrected chi connectivity index (χ4v) is 3.11. The molecule has 3 aromatic rings. The van der Waals surface area contributed by atoms with E-state index < -0.39 is 43.3 Å². The first-order valence-electron chi connectivity index (χ1n) is 8.65. The Morgan fingerprint density at radius 3 is 2.70 bits per heavy atom. The van der Waals surface area contributed by atoms with E-state index in [4.69, 9.17) is 4.74 Å². The highest BCUT2D eigenvalue weighted by molar-refractivity contribution is 5.85. The number of halogens is 4. The standard InChI is InChI=1S/C17H15F4N5O4/c18-8-2-1-3-9(4-8)25-14-11-15(23-6-22-14)26(7-24-11)16-13(28)12(27)10(30-16)5-29-17(19,20)21/h1-4,6-7,10,12-13,16,27-28H,5H2,(H,22,23,25)/t10-,12?,13?,16-/m1/s1. The van der Waals surface area contributed by atoms with Crippen molar-refractivity contribution in [1.29, 1.82) is 0 Å². The van der Waals surface area contributed by atoms with Gasteiger partial charge in [0.25, 0.3) is 0 Å². The normalized spacial score (nSPS) is 24.5. The number of benzene rings is 1. The second-order valence-electron chi connectivity index (χ2n) is 6.48. The van der Waals surface area contributed by atoms with Gasteiger partial charge < -0.3 is 20.3 Å². The Hall–Kier alpha value is -2.87. The second kappa shape index (κ2) is 7.75. The zero-order valence-electron chi connectivity index (χ0n) is 15.0. The molecule has 3 N–H and O–H groups in total. The summed E-state index contributed by atoms with van der Waals surface area (Å²) in [7, 11) is 0. The molecule has 0 aliphatic carbocycles. The van der Waals surface area contributed by atoms with Crippen molar-refractivity contribution in [2.24, 2.45) is 0 Å². The monoisotopic (exact) mass is 429 g/mol. The van der Waals surface area contributed by atoms with Gasteiger partial charge in [0, 0.05) is 5.69 Å². The number of aliphatic hydroxyl groups is 2. The van der Waals surface area contributed by atoms with E-state index in [1.54, 1.807) is 6.07 Å². The van der Waals surface area contributed by atoms with Gasteiger partial charge in [-0.25, -0.2) is 19.3 Å². The van der Waals surface area contributed by atoms with Crippen molar-refractivity contribution in [3.05, 3.63) is 42.7 Å². The molecule has 3 heterocycles. The summed E-state index contributed by atoms with van der Waals surface area (Å²) < 4.78 is 60.6. The molecule has 0 bridgehead atoms. The van der Waals surface area contributed by atoms with Crippen LogP contribution in [0.4, 0.5) is 29.1 Å². The van der Waals surface area contributed by atoms with Crippen molar-refractivity contribution in [3.63, 3.8) is 0 Å². The van der Waals surface area contributed by atoms with E-state index in [-0.39, 0.29) is 17.0 Å². The first-order valence-corrected chi connectivity index (χ1v) is 8.65. The molecule has 9 nitrogen and oxygen atoms in total. The van der Waals surface area contributed by atoms with Crippen LogP contribution in [0.15, 0.2) is 36.9 Å². The lowest BCUT2D eigenvalue weighted by Gasteiger charge is -2.16. The third-order valence-electron chi connectivity index (χ3n) is 4.47. The third kappa shape index (κ3) is 4.05. The quantitative estimate of drug-likeness (QED) is 0.527. The summed E-state index contributed by atoms with van der Waals surface area (Å²) in [5.74, 6) is -0.228. The van der Waals surface area contributed by atoms with Crippen molar-refractivity contribution < 1.29 is 37.2 Å². The number of ether oxygens (including phenoxy) is 2. The van der Waals surface area contributed by atoms with Gasteiger partial charge >= 0.3 is 6.36 Å². The van der Waals surface area contributed by atoms with E-state index in [9.17, 15) is 27.8 Å². The number of fused-ring (bicyclic) bond motifs is 1. The van der Waals surface area contributed by atoms with E-state index >= 15 is 0 Å². The van der Waals surface area contributed by atoms with Crippen molar-refractivity contribution in [3.8, 4) is 0 Å². The van der Waals surface area contributed by atoms with E-state index in [2.05, 4.69) is 25.0 Å². The molecule has 1 fully saturated rings. The highest BCUT2D eigenvalue weighted by Gasteiger charge is 2.46. The fraction of sp³-hybridized carbons (Fsp3) is 0.353. The van der Waals surface area contributed by atoms with Gasteiger partial charge in [0.1, 0.15) is 30.5 Å². The minimum atomic E-state index is -4.90. The third-order valence-corrected chi connectivity index (χ3v) is 4.47. The van der Waals surface area contributed by atoms with E-state index in [1.807, 2.05) is 0 Å². The van der Waals surface area contributed by atoms with Crippen LogP contribution in [0.1, 0.15) is 6.23 Å². The number of aromatic nitrogens is 4. The van der Waals surface area contributed by atoms with E-state index in [0.717, 1.165) is 0 Å². The highest BCUT2D eigenvalue weighted by atomic mass is 19.4. The molecule has 160 valence electrons. The molecule has 2 unspecified atom stereocenters.